The van der Waals surface area contributed by atoms with Crippen molar-refractivity contribution in [2.24, 2.45) is 0 Å². The largest absolute Gasteiger partial charge is 0.324 e. The summed E-state index contributed by atoms with van der Waals surface area (Å²) in [4.78, 5) is 17.9. The molecular formula is C17H14N4OS. The molecule has 4 rings (SSSR count). The van der Waals surface area contributed by atoms with E-state index in [-0.39, 0.29) is 11.2 Å². The number of nitrogens with zero attached hydrogens (tertiary/aromatic N) is 3. The number of hydrogen-bond acceptors (Lipinski definition) is 4. The van der Waals surface area contributed by atoms with Crippen LogP contribution < -0.4 is 5.32 Å². The van der Waals surface area contributed by atoms with Crippen molar-refractivity contribution in [3.05, 3.63) is 66.6 Å². The second-order valence-corrected chi connectivity index (χ2v) is 6.51. The van der Waals surface area contributed by atoms with E-state index < -0.39 is 0 Å². The van der Waals surface area contributed by atoms with Crippen LogP contribution in [0.25, 0.3) is 5.82 Å². The fraction of sp³-hybridized carbons (Fsp3) is 0.118. The van der Waals surface area contributed by atoms with Gasteiger partial charge >= 0.3 is 0 Å². The van der Waals surface area contributed by atoms with E-state index in [0.29, 0.717) is 5.69 Å². The third kappa shape index (κ3) is 2.85. The SMILES string of the molecule is O=C(Nc1ccc(-n2cccn2)nc1)[C@@H]1Cc2ccccc2S1. The zero-order valence-electron chi connectivity index (χ0n) is 12.2. The van der Waals surface area contributed by atoms with Gasteiger partial charge in [0.2, 0.25) is 5.91 Å². The van der Waals surface area contributed by atoms with Crippen molar-refractivity contribution < 1.29 is 4.79 Å². The van der Waals surface area contributed by atoms with E-state index in [1.165, 1.54) is 10.5 Å². The third-order valence-electron chi connectivity index (χ3n) is 3.69. The van der Waals surface area contributed by atoms with E-state index in [9.17, 15) is 4.79 Å². The first-order chi connectivity index (χ1) is 11.3. The number of rotatable bonds is 3. The van der Waals surface area contributed by atoms with Crippen LogP contribution in [0.2, 0.25) is 0 Å². The molecule has 0 saturated carbocycles. The molecule has 0 bridgehead atoms. The molecule has 0 aliphatic carbocycles. The number of thioether (sulfide) groups is 1. The molecule has 0 radical (unpaired) electrons. The summed E-state index contributed by atoms with van der Waals surface area (Å²) in [6.45, 7) is 0. The van der Waals surface area contributed by atoms with Crippen LogP contribution in [0.3, 0.4) is 0 Å². The normalized spacial score (nSPS) is 16.1. The Labute approximate surface area is 137 Å². The van der Waals surface area contributed by atoms with Crippen LogP contribution in [0.5, 0.6) is 0 Å². The molecule has 3 heterocycles. The molecule has 6 heteroatoms. The molecule has 114 valence electrons. The zero-order valence-corrected chi connectivity index (χ0v) is 13.0. The first-order valence-electron chi connectivity index (χ1n) is 7.31. The summed E-state index contributed by atoms with van der Waals surface area (Å²) < 4.78 is 1.68. The Balaban J connectivity index is 1.44. The zero-order chi connectivity index (χ0) is 15.6. The second kappa shape index (κ2) is 5.89. The number of carbonyl (C=O) groups is 1. The first-order valence-corrected chi connectivity index (χ1v) is 8.19. The number of nitrogens with one attached hydrogen (secondary N) is 1. The van der Waals surface area contributed by atoms with Crippen molar-refractivity contribution in [1.82, 2.24) is 14.8 Å². The molecule has 0 spiro atoms. The lowest BCUT2D eigenvalue weighted by Crippen LogP contribution is -2.24. The lowest BCUT2D eigenvalue weighted by atomic mass is 10.1. The Bertz CT molecular complexity index is 805. The van der Waals surface area contributed by atoms with Crippen LogP contribution in [0.1, 0.15) is 5.56 Å². The summed E-state index contributed by atoms with van der Waals surface area (Å²) in [6.07, 6.45) is 5.95. The lowest BCUT2D eigenvalue weighted by Gasteiger charge is -2.10. The fourth-order valence-electron chi connectivity index (χ4n) is 2.55. The van der Waals surface area contributed by atoms with E-state index >= 15 is 0 Å². The molecular weight excluding hydrogens is 308 g/mol. The topological polar surface area (TPSA) is 59.8 Å². The number of carbonyl (C=O) groups excluding carboxylic acids is 1. The minimum atomic E-state index is -0.0850. The molecule has 1 amide bonds. The van der Waals surface area contributed by atoms with E-state index in [1.807, 2.05) is 36.5 Å². The molecule has 1 aromatic carbocycles. The van der Waals surface area contributed by atoms with Gasteiger partial charge in [-0.25, -0.2) is 9.67 Å². The van der Waals surface area contributed by atoms with E-state index in [0.717, 1.165) is 12.2 Å². The van der Waals surface area contributed by atoms with Gasteiger partial charge in [0.25, 0.3) is 0 Å². The molecule has 1 aliphatic heterocycles. The Morgan fingerprint density at radius 3 is 2.87 bits per heavy atom. The van der Waals surface area contributed by atoms with Crippen molar-refractivity contribution >= 4 is 23.4 Å². The fourth-order valence-corrected chi connectivity index (χ4v) is 3.75. The Morgan fingerprint density at radius 2 is 2.13 bits per heavy atom. The van der Waals surface area contributed by atoms with E-state index in [1.54, 1.807) is 28.8 Å². The predicted octanol–water partition coefficient (Wildman–Crippen LogP) is 2.92. The van der Waals surface area contributed by atoms with Gasteiger partial charge in [-0.05, 0) is 36.2 Å². The minimum Gasteiger partial charge on any atom is -0.324 e. The molecule has 1 atom stereocenters. The standard InChI is InChI=1S/C17H14N4OS/c22-17(15-10-12-4-1-2-5-14(12)23-15)20-13-6-7-16(18-11-13)21-9-3-8-19-21/h1-9,11,15H,10H2,(H,20,22)/t15-/m0/s1. The summed E-state index contributed by atoms with van der Waals surface area (Å²) in [5.41, 5.74) is 1.94. The van der Waals surface area contributed by atoms with Gasteiger partial charge in [-0.1, -0.05) is 18.2 Å². The van der Waals surface area contributed by atoms with Crippen LogP contribution in [0.4, 0.5) is 5.69 Å². The van der Waals surface area contributed by atoms with Crippen molar-refractivity contribution in [3.63, 3.8) is 0 Å². The molecule has 2 aromatic heterocycles. The van der Waals surface area contributed by atoms with E-state index in [2.05, 4.69) is 27.5 Å². The maximum atomic E-state index is 12.4. The van der Waals surface area contributed by atoms with Crippen LogP contribution in [0, 0.1) is 0 Å². The van der Waals surface area contributed by atoms with Crippen LogP contribution in [-0.2, 0) is 11.2 Å². The average molecular weight is 322 g/mol. The Kier molecular flexibility index (Phi) is 3.59. The first kappa shape index (κ1) is 14.0. The van der Waals surface area contributed by atoms with Crippen molar-refractivity contribution in [2.45, 2.75) is 16.6 Å². The third-order valence-corrected chi connectivity index (χ3v) is 5.01. The highest BCUT2D eigenvalue weighted by molar-refractivity contribution is 8.01. The number of hydrogen-bond donors (Lipinski definition) is 1. The van der Waals surface area contributed by atoms with Crippen molar-refractivity contribution in [2.75, 3.05) is 5.32 Å². The highest BCUT2D eigenvalue weighted by Gasteiger charge is 2.27. The van der Waals surface area contributed by atoms with Gasteiger partial charge in [-0.15, -0.1) is 11.8 Å². The average Bonchev–Trinajstić information content (AvgIpc) is 3.25. The molecule has 0 saturated heterocycles. The molecule has 0 unspecified atom stereocenters. The van der Waals surface area contributed by atoms with Gasteiger partial charge in [0.15, 0.2) is 5.82 Å². The highest BCUT2D eigenvalue weighted by Crippen LogP contribution is 2.37. The molecule has 3 aromatic rings. The summed E-state index contributed by atoms with van der Waals surface area (Å²) in [6, 6.07) is 13.7. The quantitative estimate of drug-likeness (QED) is 0.805. The molecule has 5 nitrogen and oxygen atoms in total. The number of aromatic nitrogens is 3. The number of benzene rings is 1. The van der Waals surface area contributed by atoms with Crippen LogP contribution in [-0.4, -0.2) is 25.9 Å². The van der Waals surface area contributed by atoms with Crippen LogP contribution >= 0.6 is 11.8 Å². The summed E-state index contributed by atoms with van der Waals surface area (Å²) in [5, 5.41) is 6.98. The maximum absolute atomic E-state index is 12.4. The van der Waals surface area contributed by atoms with Gasteiger partial charge in [-0.2, -0.15) is 5.10 Å². The molecule has 0 fully saturated rings. The van der Waals surface area contributed by atoms with Gasteiger partial charge in [0, 0.05) is 17.3 Å². The molecule has 1 N–H and O–H groups in total. The van der Waals surface area contributed by atoms with Gasteiger partial charge in [-0.3, -0.25) is 4.79 Å². The number of fused-ring (bicyclic) bond motifs is 1. The monoisotopic (exact) mass is 322 g/mol. The number of amides is 1. The molecule has 23 heavy (non-hydrogen) atoms. The van der Waals surface area contributed by atoms with Crippen molar-refractivity contribution in [3.8, 4) is 5.82 Å². The van der Waals surface area contributed by atoms with Gasteiger partial charge in [0.1, 0.15) is 0 Å². The smallest absolute Gasteiger partial charge is 0.238 e. The van der Waals surface area contributed by atoms with Gasteiger partial charge in [0.05, 0.1) is 17.1 Å². The lowest BCUT2D eigenvalue weighted by molar-refractivity contribution is -0.115. The minimum absolute atomic E-state index is 0.0137. The van der Waals surface area contributed by atoms with Gasteiger partial charge < -0.3 is 5.32 Å². The summed E-state index contributed by atoms with van der Waals surface area (Å²) >= 11 is 1.62. The predicted molar refractivity (Wildman–Crippen MR) is 89.8 cm³/mol. The number of pyridine rings is 1. The highest BCUT2D eigenvalue weighted by atomic mass is 32.2. The Hall–Kier alpha value is -2.60. The Morgan fingerprint density at radius 1 is 1.22 bits per heavy atom. The van der Waals surface area contributed by atoms with E-state index in [4.69, 9.17) is 0 Å². The van der Waals surface area contributed by atoms with Crippen LogP contribution in [0.15, 0.2) is 66.0 Å². The molecule has 1 aliphatic rings. The second-order valence-electron chi connectivity index (χ2n) is 5.26. The summed E-state index contributed by atoms with van der Waals surface area (Å²) in [5.74, 6) is 0.732. The number of anilines is 1. The van der Waals surface area contributed by atoms with Crippen molar-refractivity contribution in [1.29, 1.82) is 0 Å². The maximum Gasteiger partial charge on any atom is 0.238 e. The summed E-state index contributed by atoms with van der Waals surface area (Å²) in [7, 11) is 0.